The second-order valence-electron chi connectivity index (χ2n) is 3.99. The zero-order valence-corrected chi connectivity index (χ0v) is 13.9. The topological polar surface area (TPSA) is 136 Å². The fraction of sp³-hybridized carbons (Fsp3) is 0. The summed E-state index contributed by atoms with van der Waals surface area (Å²) in [6, 6.07) is 7.33. The number of nitrogens with zero attached hydrogens (tertiary/aromatic N) is 4. The van der Waals surface area contributed by atoms with Crippen LogP contribution in [0.15, 0.2) is 98.5 Å². The van der Waals surface area contributed by atoms with Crippen molar-refractivity contribution in [3.8, 4) is 0 Å². The van der Waals surface area contributed by atoms with Crippen LogP contribution in [0.1, 0.15) is 0 Å². The van der Waals surface area contributed by atoms with Gasteiger partial charge < -0.3 is 4.84 Å². The zero-order valence-electron chi connectivity index (χ0n) is 13.9. The van der Waals surface area contributed by atoms with Gasteiger partial charge in [0.2, 0.25) is 0 Å². The molecule has 0 spiro atoms. The summed E-state index contributed by atoms with van der Waals surface area (Å²) in [6.07, 6.45) is 20.8. The van der Waals surface area contributed by atoms with E-state index in [1.807, 2.05) is 30.3 Å². The molecule has 10 heteroatoms. The molecule has 4 aromatic rings. The zero-order chi connectivity index (χ0) is 18.4. The first kappa shape index (κ1) is 20.0. The van der Waals surface area contributed by atoms with Crippen LogP contribution < -0.4 is 5.48 Å². The van der Waals surface area contributed by atoms with E-state index in [-0.39, 0.29) is 0 Å². The molecule has 0 atom stereocenters. The Morgan fingerprint density at radius 2 is 0.962 bits per heavy atom. The maximum atomic E-state index is 4.55. The summed E-state index contributed by atoms with van der Waals surface area (Å²) in [7, 11) is 0. The van der Waals surface area contributed by atoms with Gasteiger partial charge in [-0.15, -0.1) is 0 Å². The molecule has 1 aliphatic rings. The Labute approximate surface area is 150 Å². The molecule has 0 unspecified atom stereocenters. The largest absolute Gasteiger partial charge is 0.391 e. The summed E-state index contributed by atoms with van der Waals surface area (Å²) >= 11 is 0. The van der Waals surface area contributed by atoms with Crippen LogP contribution in [0.4, 0.5) is 0 Å². The molecule has 0 saturated heterocycles. The van der Waals surface area contributed by atoms with Crippen LogP contribution >= 0.6 is 0 Å². The van der Waals surface area contributed by atoms with Crippen LogP contribution in [-0.2, 0) is 4.84 Å². The summed E-state index contributed by atoms with van der Waals surface area (Å²) in [5.41, 5.74) is 2.52. The molecule has 0 fully saturated rings. The van der Waals surface area contributed by atoms with Gasteiger partial charge in [0, 0.05) is 55.8 Å². The lowest BCUT2D eigenvalue weighted by Crippen LogP contribution is -2.01. The van der Waals surface area contributed by atoms with Crippen LogP contribution in [0.3, 0.4) is 0 Å². The number of rotatable bonds is 0. The molecule has 4 aromatic heterocycles. The van der Waals surface area contributed by atoms with Crippen molar-refractivity contribution < 1.29 is 4.84 Å². The molecule has 0 amide bonds. The average molecular weight is 355 g/mol. The number of H-pyrrole nitrogens is 4. The van der Waals surface area contributed by atoms with Gasteiger partial charge >= 0.3 is 0 Å². The lowest BCUT2D eigenvalue weighted by atomic mass is 10.6. The Hall–Kier alpha value is -4.08. The van der Waals surface area contributed by atoms with E-state index < -0.39 is 0 Å². The third-order valence-corrected chi connectivity index (χ3v) is 2.11. The quantitative estimate of drug-likeness (QED) is 0.328. The second-order valence-corrected chi connectivity index (χ2v) is 3.99. The Morgan fingerprint density at radius 3 is 1.04 bits per heavy atom. The number of nitrogens with one attached hydrogen (secondary N) is 5. The van der Waals surface area contributed by atoms with Crippen LogP contribution in [0.25, 0.3) is 0 Å². The molecule has 1 aliphatic heterocycles. The Kier molecular flexibility index (Phi) is 13.3. The number of hydrogen-bond donors (Lipinski definition) is 5. The summed E-state index contributed by atoms with van der Waals surface area (Å²) < 4.78 is 0. The van der Waals surface area contributed by atoms with Crippen LogP contribution in [0.2, 0.25) is 0 Å². The van der Waals surface area contributed by atoms with E-state index in [2.05, 4.69) is 51.1 Å². The molecule has 0 saturated carbocycles. The summed E-state index contributed by atoms with van der Waals surface area (Å²) in [4.78, 5) is 4.55. The Morgan fingerprint density at radius 1 is 0.538 bits per heavy atom. The van der Waals surface area contributed by atoms with Crippen molar-refractivity contribution in [3.63, 3.8) is 0 Å². The van der Waals surface area contributed by atoms with Gasteiger partial charge in [0.15, 0.2) is 0 Å². The van der Waals surface area contributed by atoms with Crippen molar-refractivity contribution >= 4 is 0 Å². The maximum absolute atomic E-state index is 4.55. The summed E-state index contributed by atoms with van der Waals surface area (Å²) in [6.45, 7) is 0. The lowest BCUT2D eigenvalue weighted by Gasteiger charge is -1.97. The highest BCUT2D eigenvalue weighted by molar-refractivity contribution is 5.00. The predicted molar refractivity (Wildman–Crippen MR) is 96.9 cm³/mol. The molecule has 26 heavy (non-hydrogen) atoms. The van der Waals surface area contributed by atoms with E-state index in [1.54, 1.807) is 68.1 Å². The van der Waals surface area contributed by atoms with Crippen LogP contribution in [0.5, 0.6) is 0 Å². The van der Waals surface area contributed by atoms with Gasteiger partial charge in [0.1, 0.15) is 6.26 Å². The number of hydrogen-bond acceptors (Lipinski definition) is 6. The first-order chi connectivity index (χ1) is 13.0. The van der Waals surface area contributed by atoms with Crippen molar-refractivity contribution in [3.05, 3.63) is 98.5 Å². The van der Waals surface area contributed by atoms with E-state index in [9.17, 15) is 0 Å². The van der Waals surface area contributed by atoms with Gasteiger partial charge in [-0.25, -0.2) is 5.48 Å². The normalized spacial score (nSPS) is 9.85. The van der Waals surface area contributed by atoms with Crippen LogP contribution in [0, 0.1) is 0 Å². The standard InChI is InChI=1S/C4H5NO.4C3H4N2/c1-2-4-6-5-3-1;4*1-2-4-5-3-1/h1-5H;4*1-3H,(H,4,5). The molecular weight excluding hydrogens is 334 g/mol. The van der Waals surface area contributed by atoms with E-state index in [1.165, 1.54) is 0 Å². The Balaban J connectivity index is 0.000000163. The maximum Gasteiger partial charge on any atom is 0.119 e. The average Bonchev–Trinajstić information content (AvgIpc) is 3.56. The molecule has 0 radical (unpaired) electrons. The lowest BCUT2D eigenvalue weighted by molar-refractivity contribution is 0.172. The molecule has 5 rings (SSSR count). The van der Waals surface area contributed by atoms with E-state index in [0.717, 1.165) is 0 Å². The van der Waals surface area contributed by atoms with Crippen molar-refractivity contribution in [2.24, 2.45) is 0 Å². The minimum absolute atomic E-state index is 1.57. The van der Waals surface area contributed by atoms with E-state index in [0.29, 0.717) is 0 Å². The molecule has 5 heterocycles. The molecule has 10 nitrogen and oxygen atoms in total. The van der Waals surface area contributed by atoms with Gasteiger partial charge in [-0.3, -0.25) is 20.4 Å². The van der Waals surface area contributed by atoms with Gasteiger partial charge in [0.05, 0.1) is 0 Å². The number of allylic oxidation sites excluding steroid dienone is 2. The number of hydroxylamine groups is 1. The second kappa shape index (κ2) is 17.3. The van der Waals surface area contributed by atoms with Gasteiger partial charge in [-0.1, -0.05) is 0 Å². The molecule has 5 N–H and O–H groups in total. The third kappa shape index (κ3) is 14.8. The number of aromatic amines is 4. The first-order valence-corrected chi connectivity index (χ1v) is 7.48. The fourth-order valence-electron chi connectivity index (χ4n) is 1.12. The minimum Gasteiger partial charge on any atom is -0.391 e. The molecule has 136 valence electrons. The molecule has 0 aromatic carbocycles. The highest BCUT2D eigenvalue weighted by atomic mass is 16.6. The van der Waals surface area contributed by atoms with Gasteiger partial charge in [-0.2, -0.15) is 20.4 Å². The molecule has 0 aliphatic carbocycles. The van der Waals surface area contributed by atoms with E-state index >= 15 is 0 Å². The van der Waals surface area contributed by atoms with Crippen LogP contribution in [-0.4, -0.2) is 40.8 Å². The Bertz CT molecular complexity index is 516. The summed E-state index contributed by atoms with van der Waals surface area (Å²) in [5.74, 6) is 0. The van der Waals surface area contributed by atoms with Crippen molar-refractivity contribution in [1.29, 1.82) is 0 Å². The van der Waals surface area contributed by atoms with Crippen molar-refractivity contribution in [2.45, 2.75) is 0 Å². The predicted octanol–water partition coefficient (Wildman–Crippen LogP) is 2.19. The van der Waals surface area contributed by atoms with Gasteiger partial charge in [0.25, 0.3) is 0 Å². The van der Waals surface area contributed by atoms with Crippen molar-refractivity contribution in [2.75, 3.05) is 0 Å². The third-order valence-electron chi connectivity index (χ3n) is 2.11. The van der Waals surface area contributed by atoms with Crippen molar-refractivity contribution in [1.82, 2.24) is 46.3 Å². The monoisotopic (exact) mass is 355 g/mol. The first-order valence-electron chi connectivity index (χ1n) is 7.48. The highest BCUT2D eigenvalue weighted by Gasteiger charge is 1.72. The molecular formula is C16H21N9O. The smallest absolute Gasteiger partial charge is 0.119 e. The SMILES string of the molecule is C1=CNOC=C1.c1cn[nH]c1.c1cn[nH]c1.c1cn[nH]c1.c1cn[nH]c1. The molecule has 0 bridgehead atoms. The van der Waals surface area contributed by atoms with Gasteiger partial charge in [-0.05, 0) is 36.4 Å². The number of aromatic nitrogens is 8. The highest BCUT2D eigenvalue weighted by Crippen LogP contribution is 1.80. The fourth-order valence-corrected chi connectivity index (χ4v) is 1.12. The van der Waals surface area contributed by atoms with E-state index in [4.69, 9.17) is 0 Å². The summed E-state index contributed by atoms with van der Waals surface area (Å²) in [5, 5.41) is 24.8. The minimum atomic E-state index is 1.57.